The number of halogens is 1. The van der Waals surface area contributed by atoms with E-state index in [1.807, 2.05) is 4.90 Å². The van der Waals surface area contributed by atoms with E-state index in [1.165, 1.54) is 0 Å². The Bertz CT molecular complexity index is 255. The van der Waals surface area contributed by atoms with Gasteiger partial charge < -0.3 is 15.0 Å². The van der Waals surface area contributed by atoms with Gasteiger partial charge in [0.05, 0.1) is 13.2 Å². The quantitative estimate of drug-likeness (QED) is 0.685. The molecular formula is C10H17ClN2O2. The largest absolute Gasteiger partial charge is 0.378 e. The molecule has 0 bridgehead atoms. The molecule has 1 spiro atoms. The minimum atomic E-state index is 0. The lowest BCUT2D eigenvalue weighted by Gasteiger charge is -2.31. The molecule has 0 aromatic rings. The third-order valence-electron chi connectivity index (χ3n) is 3.76. The standard InChI is InChI=1S/C10H16N2O2.ClH/c13-9(12-1-3-14-4-2-12)8-5-10(8)6-11-7-10;/h8,11H,1-7H2;1H. The van der Waals surface area contributed by atoms with Gasteiger partial charge in [-0.2, -0.15) is 0 Å². The Kier molecular flexibility index (Phi) is 2.92. The molecule has 1 amide bonds. The number of hydrogen-bond donors (Lipinski definition) is 1. The summed E-state index contributed by atoms with van der Waals surface area (Å²) in [5.41, 5.74) is 0.370. The van der Waals surface area contributed by atoms with Crippen LogP contribution in [-0.4, -0.2) is 50.2 Å². The van der Waals surface area contributed by atoms with E-state index in [-0.39, 0.29) is 12.4 Å². The highest BCUT2D eigenvalue weighted by atomic mass is 35.5. The van der Waals surface area contributed by atoms with Crippen molar-refractivity contribution in [2.75, 3.05) is 39.4 Å². The summed E-state index contributed by atoms with van der Waals surface area (Å²) in [5, 5.41) is 3.26. The Morgan fingerprint density at radius 1 is 1.33 bits per heavy atom. The first-order valence-corrected chi connectivity index (χ1v) is 5.39. The van der Waals surface area contributed by atoms with Crippen LogP contribution in [-0.2, 0) is 9.53 Å². The summed E-state index contributed by atoms with van der Waals surface area (Å²) in [7, 11) is 0. The predicted octanol–water partition coefficient (Wildman–Crippen LogP) is -0.124. The second-order valence-electron chi connectivity index (χ2n) is 4.66. The minimum absolute atomic E-state index is 0. The van der Waals surface area contributed by atoms with Crippen molar-refractivity contribution >= 4 is 18.3 Å². The van der Waals surface area contributed by atoms with Crippen molar-refractivity contribution in [2.45, 2.75) is 6.42 Å². The number of ether oxygens (including phenoxy) is 1. The smallest absolute Gasteiger partial charge is 0.226 e. The molecule has 1 N–H and O–H groups in total. The summed E-state index contributed by atoms with van der Waals surface area (Å²) in [6.07, 6.45) is 1.11. The highest BCUT2D eigenvalue weighted by molar-refractivity contribution is 5.85. The average Bonchev–Trinajstić information content (AvgIpc) is 2.93. The van der Waals surface area contributed by atoms with E-state index in [1.54, 1.807) is 0 Å². The van der Waals surface area contributed by atoms with E-state index < -0.39 is 0 Å². The molecule has 1 unspecified atom stereocenters. The van der Waals surface area contributed by atoms with Crippen molar-refractivity contribution in [1.29, 1.82) is 0 Å². The Morgan fingerprint density at radius 3 is 2.47 bits per heavy atom. The summed E-state index contributed by atoms with van der Waals surface area (Å²) in [6, 6.07) is 0. The van der Waals surface area contributed by atoms with Crippen LogP contribution in [0.5, 0.6) is 0 Å². The summed E-state index contributed by atoms with van der Waals surface area (Å²) >= 11 is 0. The van der Waals surface area contributed by atoms with Crippen LogP contribution in [0, 0.1) is 11.3 Å². The fraction of sp³-hybridized carbons (Fsp3) is 0.900. The second kappa shape index (κ2) is 3.92. The Morgan fingerprint density at radius 2 is 2.00 bits per heavy atom. The highest BCUT2D eigenvalue weighted by Crippen LogP contribution is 2.55. The van der Waals surface area contributed by atoms with Crippen molar-refractivity contribution in [3.8, 4) is 0 Å². The molecule has 4 nitrogen and oxygen atoms in total. The highest BCUT2D eigenvalue weighted by Gasteiger charge is 2.62. The van der Waals surface area contributed by atoms with E-state index in [0.29, 0.717) is 30.5 Å². The zero-order valence-electron chi connectivity index (χ0n) is 8.70. The SMILES string of the molecule is Cl.O=C(C1CC12CNC2)N1CCOCC1. The number of rotatable bonds is 1. The number of morpholine rings is 1. The lowest BCUT2D eigenvalue weighted by Crippen LogP contribution is -2.49. The number of hydrogen-bond acceptors (Lipinski definition) is 3. The molecule has 1 atom stereocenters. The van der Waals surface area contributed by atoms with Crippen LogP contribution in [0.25, 0.3) is 0 Å². The van der Waals surface area contributed by atoms with Crippen molar-refractivity contribution in [1.82, 2.24) is 10.2 Å². The summed E-state index contributed by atoms with van der Waals surface area (Å²) in [6.45, 7) is 5.10. The van der Waals surface area contributed by atoms with Crippen molar-refractivity contribution < 1.29 is 9.53 Å². The first-order valence-electron chi connectivity index (χ1n) is 5.39. The number of nitrogens with one attached hydrogen (secondary N) is 1. The van der Waals surface area contributed by atoms with Gasteiger partial charge in [-0.1, -0.05) is 0 Å². The molecular weight excluding hydrogens is 216 g/mol. The predicted molar refractivity (Wildman–Crippen MR) is 58.1 cm³/mol. The van der Waals surface area contributed by atoms with Crippen LogP contribution in [0.4, 0.5) is 0 Å². The van der Waals surface area contributed by atoms with Crippen molar-refractivity contribution in [2.24, 2.45) is 11.3 Å². The number of carbonyl (C=O) groups excluding carboxylic acids is 1. The Balaban J connectivity index is 0.000000853. The van der Waals surface area contributed by atoms with E-state index >= 15 is 0 Å². The van der Waals surface area contributed by atoms with Crippen LogP contribution in [0.15, 0.2) is 0 Å². The molecule has 15 heavy (non-hydrogen) atoms. The lowest BCUT2D eigenvalue weighted by molar-refractivity contribution is -0.137. The van der Waals surface area contributed by atoms with Gasteiger partial charge in [0.2, 0.25) is 5.91 Å². The maximum Gasteiger partial charge on any atom is 0.226 e. The normalized spacial score (nSPS) is 31.7. The Hall–Kier alpha value is -0.320. The molecule has 3 rings (SSSR count). The van der Waals surface area contributed by atoms with Gasteiger partial charge in [0.25, 0.3) is 0 Å². The van der Waals surface area contributed by atoms with Gasteiger partial charge in [-0.05, 0) is 6.42 Å². The molecule has 1 saturated carbocycles. The average molecular weight is 233 g/mol. The van der Waals surface area contributed by atoms with Crippen molar-refractivity contribution in [3.63, 3.8) is 0 Å². The Labute approximate surface area is 95.7 Å². The minimum Gasteiger partial charge on any atom is -0.378 e. The van der Waals surface area contributed by atoms with Crippen LogP contribution < -0.4 is 5.32 Å². The van der Waals surface area contributed by atoms with Crippen LogP contribution in [0.3, 0.4) is 0 Å². The van der Waals surface area contributed by atoms with Gasteiger partial charge >= 0.3 is 0 Å². The molecule has 3 aliphatic rings. The molecule has 2 saturated heterocycles. The number of carbonyl (C=O) groups is 1. The van der Waals surface area contributed by atoms with Gasteiger partial charge in [0.15, 0.2) is 0 Å². The molecule has 2 aliphatic heterocycles. The summed E-state index contributed by atoms with van der Waals surface area (Å²) < 4.78 is 5.24. The van der Waals surface area contributed by atoms with Crippen LogP contribution in [0.2, 0.25) is 0 Å². The fourth-order valence-electron chi connectivity index (χ4n) is 2.54. The molecule has 1 aliphatic carbocycles. The van der Waals surface area contributed by atoms with E-state index in [9.17, 15) is 4.79 Å². The molecule has 3 fully saturated rings. The molecule has 5 heteroatoms. The van der Waals surface area contributed by atoms with Crippen molar-refractivity contribution in [3.05, 3.63) is 0 Å². The molecule has 86 valence electrons. The van der Waals surface area contributed by atoms with Gasteiger partial charge in [-0.3, -0.25) is 4.79 Å². The maximum atomic E-state index is 12.0. The summed E-state index contributed by atoms with van der Waals surface area (Å²) in [4.78, 5) is 14.0. The van der Waals surface area contributed by atoms with Gasteiger partial charge in [-0.15, -0.1) is 12.4 Å². The zero-order chi connectivity index (χ0) is 9.60. The molecule has 2 heterocycles. The van der Waals surface area contributed by atoms with Gasteiger partial charge in [-0.25, -0.2) is 0 Å². The van der Waals surface area contributed by atoms with E-state index in [4.69, 9.17) is 4.74 Å². The maximum absolute atomic E-state index is 12.0. The number of amides is 1. The monoisotopic (exact) mass is 232 g/mol. The first-order chi connectivity index (χ1) is 6.82. The molecule has 0 aromatic heterocycles. The molecule has 0 radical (unpaired) electrons. The summed E-state index contributed by atoms with van der Waals surface area (Å²) in [5.74, 6) is 0.691. The van der Waals surface area contributed by atoms with Crippen LogP contribution >= 0.6 is 12.4 Å². The third kappa shape index (κ3) is 1.75. The lowest BCUT2D eigenvalue weighted by atomic mass is 9.96. The van der Waals surface area contributed by atoms with Crippen LogP contribution in [0.1, 0.15) is 6.42 Å². The first kappa shape index (κ1) is 11.2. The number of nitrogens with zero attached hydrogens (tertiary/aromatic N) is 1. The van der Waals surface area contributed by atoms with Gasteiger partial charge in [0.1, 0.15) is 0 Å². The third-order valence-corrected chi connectivity index (χ3v) is 3.76. The second-order valence-corrected chi connectivity index (χ2v) is 4.66. The van der Waals surface area contributed by atoms with E-state index in [2.05, 4.69) is 5.32 Å². The fourth-order valence-corrected chi connectivity index (χ4v) is 2.54. The zero-order valence-corrected chi connectivity index (χ0v) is 9.52. The van der Waals surface area contributed by atoms with Gasteiger partial charge in [0, 0.05) is 37.5 Å². The molecule has 0 aromatic carbocycles. The topological polar surface area (TPSA) is 41.6 Å². The van der Waals surface area contributed by atoms with E-state index in [0.717, 1.165) is 32.6 Å².